The van der Waals surface area contributed by atoms with Crippen LogP contribution in [-0.4, -0.2) is 27.6 Å². The molecule has 0 radical (unpaired) electrons. The Hall–Kier alpha value is -2.07. The van der Waals surface area contributed by atoms with Crippen LogP contribution >= 0.6 is 39.3 Å². The maximum absolute atomic E-state index is 13.1. The van der Waals surface area contributed by atoms with E-state index < -0.39 is 0 Å². The summed E-state index contributed by atoms with van der Waals surface area (Å²) in [5.74, 6) is 0.911. The Morgan fingerprint density at radius 1 is 1.21 bits per heavy atom. The fourth-order valence-electron chi connectivity index (χ4n) is 5.00. The van der Waals surface area contributed by atoms with Gasteiger partial charge in [0.25, 0.3) is 5.56 Å². The number of nitrogens with zero attached hydrogens (tertiary/aromatic N) is 4. The normalized spacial score (nSPS) is 19.2. The number of halogens is 2. The summed E-state index contributed by atoms with van der Waals surface area (Å²) in [6.07, 6.45) is 6.08. The van der Waals surface area contributed by atoms with Gasteiger partial charge in [-0.3, -0.25) is 9.36 Å². The van der Waals surface area contributed by atoms with Gasteiger partial charge in [0, 0.05) is 41.7 Å². The monoisotopic (exact) mass is 546 g/mol. The van der Waals surface area contributed by atoms with E-state index in [1.165, 1.54) is 22.9 Å². The Kier molecular flexibility index (Phi) is 5.93. The largest absolute Gasteiger partial charge is 0.382 e. The summed E-state index contributed by atoms with van der Waals surface area (Å²) in [6.45, 7) is 1.61. The highest BCUT2D eigenvalue weighted by Crippen LogP contribution is 2.52. The van der Waals surface area contributed by atoms with Crippen LogP contribution in [0.3, 0.4) is 0 Å². The molecule has 0 saturated carbocycles. The molecule has 1 atom stereocenters. The van der Waals surface area contributed by atoms with Gasteiger partial charge >= 0.3 is 0 Å². The Bertz CT molecular complexity index is 1290. The van der Waals surface area contributed by atoms with Gasteiger partial charge in [-0.1, -0.05) is 51.4 Å². The van der Waals surface area contributed by atoms with E-state index in [0.717, 1.165) is 36.8 Å². The number of pyridine rings is 1. The van der Waals surface area contributed by atoms with Crippen LogP contribution in [0.2, 0.25) is 5.02 Å². The highest BCUT2D eigenvalue weighted by Gasteiger charge is 2.46. The van der Waals surface area contributed by atoms with Crippen molar-refractivity contribution in [1.82, 2.24) is 14.5 Å². The average Bonchev–Trinajstić information content (AvgIpc) is 3.08. The van der Waals surface area contributed by atoms with Crippen LogP contribution in [0.5, 0.6) is 0 Å². The molecule has 1 spiro atoms. The van der Waals surface area contributed by atoms with E-state index >= 15 is 0 Å². The second-order valence-corrected chi connectivity index (χ2v) is 11.0. The van der Waals surface area contributed by atoms with E-state index in [1.807, 2.05) is 0 Å². The van der Waals surface area contributed by atoms with E-state index in [1.54, 1.807) is 30.1 Å². The molecule has 1 aliphatic carbocycles. The Balaban J connectivity index is 1.35. The number of aromatic nitrogens is 3. The lowest BCUT2D eigenvalue weighted by Crippen LogP contribution is -2.46. The SMILES string of the molecule is Cn1c(N2CCC3(CC2)Cc2c(Br)cccc2[C@H]3N)ncc(Sc2ccnc(N)c2Cl)c1=O. The third-order valence-corrected chi connectivity index (χ3v) is 9.25. The van der Waals surface area contributed by atoms with Crippen LogP contribution in [0.25, 0.3) is 0 Å². The zero-order chi connectivity index (χ0) is 23.3. The molecule has 2 aromatic heterocycles. The van der Waals surface area contributed by atoms with Crippen LogP contribution in [0.1, 0.15) is 30.0 Å². The van der Waals surface area contributed by atoms with Crippen LogP contribution in [0.15, 0.2) is 55.7 Å². The number of nitrogen functional groups attached to an aromatic ring is 1. The molecule has 1 fully saturated rings. The average molecular weight is 548 g/mol. The fraction of sp³-hybridized carbons (Fsp3) is 0.348. The smallest absolute Gasteiger partial charge is 0.268 e. The summed E-state index contributed by atoms with van der Waals surface area (Å²) in [5, 5.41) is 0.343. The van der Waals surface area contributed by atoms with Crippen molar-refractivity contribution < 1.29 is 0 Å². The molecule has 172 valence electrons. The van der Waals surface area contributed by atoms with Crippen molar-refractivity contribution in [3.05, 3.63) is 67.6 Å². The number of rotatable bonds is 3. The highest BCUT2D eigenvalue weighted by molar-refractivity contribution is 9.10. The number of fused-ring (bicyclic) bond motifs is 1. The molecule has 7 nitrogen and oxygen atoms in total. The zero-order valence-corrected chi connectivity index (χ0v) is 21.3. The van der Waals surface area contributed by atoms with Crippen LogP contribution < -0.4 is 21.9 Å². The molecule has 3 aromatic rings. The fourth-order valence-corrected chi connectivity index (χ4v) is 6.64. The van der Waals surface area contributed by atoms with Gasteiger partial charge < -0.3 is 16.4 Å². The number of hydrogen-bond donors (Lipinski definition) is 2. The topological polar surface area (TPSA) is 103 Å². The van der Waals surface area contributed by atoms with E-state index in [9.17, 15) is 4.79 Å². The third kappa shape index (κ3) is 3.84. The van der Waals surface area contributed by atoms with Crippen molar-refractivity contribution in [3.8, 4) is 0 Å². The van der Waals surface area contributed by atoms with Gasteiger partial charge in [0.2, 0.25) is 5.95 Å². The van der Waals surface area contributed by atoms with Crippen molar-refractivity contribution in [3.63, 3.8) is 0 Å². The summed E-state index contributed by atoms with van der Waals surface area (Å²) in [4.78, 5) is 25.0. The van der Waals surface area contributed by atoms with E-state index in [2.05, 4.69) is 49.0 Å². The standard InChI is InChI=1S/C23H24BrClN6OS/c1-30-21(32)17(33-16-5-8-28-20(27)18(16)25)12-29-22(30)31-9-6-23(7-10-31)11-14-13(19(23)26)3-2-4-15(14)24/h2-5,8,12,19H,6-7,9-11,26H2,1H3,(H2,27,28)/t19-/m1/s1. The molecule has 0 bridgehead atoms. The zero-order valence-electron chi connectivity index (χ0n) is 18.1. The highest BCUT2D eigenvalue weighted by atomic mass is 79.9. The molecule has 10 heteroatoms. The first-order chi connectivity index (χ1) is 15.8. The lowest BCUT2D eigenvalue weighted by molar-refractivity contribution is 0.186. The second-order valence-electron chi connectivity index (χ2n) is 8.71. The van der Waals surface area contributed by atoms with E-state index in [0.29, 0.717) is 20.8 Å². The van der Waals surface area contributed by atoms with Gasteiger partial charge in [0.05, 0.1) is 16.1 Å². The quantitative estimate of drug-likeness (QED) is 0.507. The van der Waals surface area contributed by atoms with Crippen LogP contribution in [0.4, 0.5) is 11.8 Å². The first kappa shape index (κ1) is 22.7. The van der Waals surface area contributed by atoms with Gasteiger partial charge in [-0.2, -0.15) is 0 Å². The summed E-state index contributed by atoms with van der Waals surface area (Å²) < 4.78 is 2.75. The molecular weight excluding hydrogens is 524 g/mol. The third-order valence-electron chi connectivity index (χ3n) is 6.93. The van der Waals surface area contributed by atoms with E-state index in [4.69, 9.17) is 23.1 Å². The molecule has 2 aliphatic rings. The molecule has 0 amide bonds. The second kappa shape index (κ2) is 8.61. The number of nitrogens with two attached hydrogens (primary N) is 2. The predicted octanol–water partition coefficient (Wildman–Crippen LogP) is 4.17. The number of piperidine rings is 1. The maximum Gasteiger partial charge on any atom is 0.268 e. The number of anilines is 2. The summed E-state index contributed by atoms with van der Waals surface area (Å²) in [7, 11) is 1.76. The van der Waals surface area contributed by atoms with Crippen LogP contribution in [-0.2, 0) is 13.5 Å². The Labute approximate surface area is 209 Å². The molecule has 1 saturated heterocycles. The summed E-state index contributed by atoms with van der Waals surface area (Å²) >= 11 is 11.2. The van der Waals surface area contributed by atoms with E-state index in [-0.39, 0.29) is 22.8 Å². The predicted molar refractivity (Wildman–Crippen MR) is 136 cm³/mol. The molecule has 4 N–H and O–H groups in total. The van der Waals surface area contributed by atoms with Gasteiger partial charge in [-0.05, 0) is 47.9 Å². The minimum atomic E-state index is -0.120. The Morgan fingerprint density at radius 3 is 2.70 bits per heavy atom. The van der Waals surface area contributed by atoms with Gasteiger partial charge in [0.15, 0.2) is 0 Å². The minimum absolute atomic E-state index is 0.0280. The number of benzene rings is 1. The first-order valence-electron chi connectivity index (χ1n) is 10.7. The van der Waals surface area contributed by atoms with Crippen molar-refractivity contribution in [1.29, 1.82) is 0 Å². The first-order valence-corrected chi connectivity index (χ1v) is 12.7. The van der Waals surface area contributed by atoms with Crippen LogP contribution in [0, 0.1) is 5.41 Å². The lowest BCUT2D eigenvalue weighted by atomic mass is 9.73. The molecule has 1 aromatic carbocycles. The molecule has 0 unspecified atom stereocenters. The van der Waals surface area contributed by atoms with Crippen molar-refractivity contribution in [2.45, 2.75) is 35.1 Å². The van der Waals surface area contributed by atoms with Crippen molar-refractivity contribution >= 4 is 51.1 Å². The Morgan fingerprint density at radius 2 is 1.97 bits per heavy atom. The molecule has 33 heavy (non-hydrogen) atoms. The van der Waals surface area contributed by atoms with Gasteiger partial charge in [-0.25, -0.2) is 9.97 Å². The molecule has 1 aliphatic heterocycles. The summed E-state index contributed by atoms with van der Waals surface area (Å²) in [6, 6.07) is 8.06. The van der Waals surface area contributed by atoms with Crippen molar-refractivity contribution in [2.24, 2.45) is 18.2 Å². The van der Waals surface area contributed by atoms with Gasteiger partial charge in [0.1, 0.15) is 5.82 Å². The minimum Gasteiger partial charge on any atom is -0.382 e. The molecular formula is C23H24BrClN6OS. The molecule has 5 rings (SSSR count). The summed E-state index contributed by atoms with van der Waals surface area (Å²) in [5.41, 5.74) is 15.0. The van der Waals surface area contributed by atoms with Gasteiger partial charge in [-0.15, -0.1) is 0 Å². The molecule has 3 heterocycles. The van der Waals surface area contributed by atoms with Crippen molar-refractivity contribution in [2.75, 3.05) is 23.7 Å². The lowest BCUT2D eigenvalue weighted by Gasteiger charge is -2.42. The number of hydrogen-bond acceptors (Lipinski definition) is 7. The maximum atomic E-state index is 13.1.